The van der Waals surface area contributed by atoms with E-state index in [0.29, 0.717) is 0 Å². The second-order valence-corrected chi connectivity index (χ2v) is 3.22. The summed E-state index contributed by atoms with van der Waals surface area (Å²) < 4.78 is 1.09. The fourth-order valence-corrected chi connectivity index (χ4v) is 0.819. The minimum absolute atomic E-state index is 1.07. The van der Waals surface area contributed by atoms with Crippen molar-refractivity contribution in [3.63, 3.8) is 0 Å². The van der Waals surface area contributed by atoms with Gasteiger partial charge in [0, 0.05) is 5.33 Å². The van der Waals surface area contributed by atoms with Gasteiger partial charge in [-0.15, -0.1) is 0 Å². The molecule has 0 aromatic rings. The maximum atomic E-state index is 3.69. The van der Waals surface area contributed by atoms with Crippen LogP contribution in [0.5, 0.6) is 0 Å². The minimum atomic E-state index is 1.07. The summed E-state index contributed by atoms with van der Waals surface area (Å²) >= 11 is 6.58. The zero-order valence-electron chi connectivity index (χ0n) is 4.08. The van der Waals surface area contributed by atoms with Crippen molar-refractivity contribution < 1.29 is 0 Å². The molecule has 0 bridgehead atoms. The van der Waals surface area contributed by atoms with Crippen LogP contribution >= 0.6 is 31.9 Å². The van der Waals surface area contributed by atoms with Crippen LogP contribution in [0.4, 0.5) is 0 Å². The Morgan fingerprint density at radius 1 is 1.57 bits per heavy atom. The van der Waals surface area contributed by atoms with Crippen LogP contribution in [0.15, 0.2) is 11.1 Å². The van der Waals surface area contributed by atoms with Crippen molar-refractivity contribution in [1.82, 2.24) is 0 Å². The molecule has 0 aromatic heterocycles. The molecule has 0 saturated carbocycles. The summed E-state index contributed by atoms with van der Waals surface area (Å²) in [5.41, 5.74) is 0. The third kappa shape index (κ3) is 6.70. The summed E-state index contributed by atoms with van der Waals surface area (Å²) in [6.45, 7) is 3.69. The van der Waals surface area contributed by atoms with Crippen LogP contribution < -0.4 is 0 Å². The average Bonchev–Trinajstić information content (AvgIpc) is 1.61. The Kier molecular flexibility index (Phi) is 5.33. The summed E-state index contributed by atoms with van der Waals surface area (Å²) in [7, 11) is 0. The van der Waals surface area contributed by atoms with Gasteiger partial charge in [-0.2, -0.15) is 0 Å². The van der Waals surface area contributed by atoms with E-state index in [-0.39, 0.29) is 0 Å². The van der Waals surface area contributed by atoms with Gasteiger partial charge in [0.2, 0.25) is 0 Å². The number of hydrogen-bond acceptors (Lipinski definition) is 0. The molecule has 2 heteroatoms. The van der Waals surface area contributed by atoms with E-state index in [9.17, 15) is 0 Å². The van der Waals surface area contributed by atoms with E-state index < -0.39 is 0 Å². The van der Waals surface area contributed by atoms with Crippen LogP contribution in [0.1, 0.15) is 12.8 Å². The third-order valence-electron chi connectivity index (χ3n) is 0.582. The van der Waals surface area contributed by atoms with Gasteiger partial charge in [0.05, 0.1) is 0 Å². The van der Waals surface area contributed by atoms with E-state index >= 15 is 0 Å². The topological polar surface area (TPSA) is 0 Å². The van der Waals surface area contributed by atoms with Gasteiger partial charge < -0.3 is 0 Å². The van der Waals surface area contributed by atoms with E-state index in [1.165, 1.54) is 6.42 Å². The monoisotopic (exact) mass is 226 g/mol. The zero-order valence-corrected chi connectivity index (χ0v) is 7.26. The smallest absolute Gasteiger partial charge is 0.00346 e. The van der Waals surface area contributed by atoms with Crippen LogP contribution in [0, 0.1) is 0 Å². The predicted molar refractivity (Wildman–Crippen MR) is 41.1 cm³/mol. The highest BCUT2D eigenvalue weighted by atomic mass is 79.9. The van der Waals surface area contributed by atoms with Crippen molar-refractivity contribution in [2.45, 2.75) is 12.8 Å². The molecule has 0 saturated heterocycles. The van der Waals surface area contributed by atoms with E-state index in [4.69, 9.17) is 0 Å². The average molecular weight is 228 g/mol. The Morgan fingerprint density at radius 3 is 2.29 bits per heavy atom. The molecule has 0 aliphatic rings. The summed E-state index contributed by atoms with van der Waals surface area (Å²) in [4.78, 5) is 0. The SMILES string of the molecule is C=C(Br)CCCBr. The molecule has 0 nitrogen and oxygen atoms in total. The quantitative estimate of drug-likeness (QED) is 0.651. The Balaban J connectivity index is 2.82. The van der Waals surface area contributed by atoms with Crippen LogP contribution in [-0.2, 0) is 0 Å². The molecule has 7 heavy (non-hydrogen) atoms. The fourth-order valence-electron chi connectivity index (χ4n) is 0.259. The lowest BCUT2D eigenvalue weighted by Gasteiger charge is -1.89. The van der Waals surface area contributed by atoms with Crippen LogP contribution in [-0.4, -0.2) is 5.33 Å². The van der Waals surface area contributed by atoms with E-state index in [0.717, 1.165) is 16.2 Å². The Hall–Kier alpha value is 0.700. The van der Waals surface area contributed by atoms with Crippen molar-refractivity contribution in [3.05, 3.63) is 11.1 Å². The molecular weight excluding hydrogens is 220 g/mol. The molecule has 0 atom stereocenters. The molecule has 0 amide bonds. The number of allylic oxidation sites excluding steroid dienone is 1. The maximum absolute atomic E-state index is 3.69. The standard InChI is InChI=1S/C5H8Br2/c1-5(7)3-2-4-6/h1-4H2. The van der Waals surface area contributed by atoms with Gasteiger partial charge in [0.1, 0.15) is 0 Å². The largest absolute Gasteiger partial charge is 0.0928 e. The number of alkyl halides is 1. The Labute approximate surface area is 61.2 Å². The van der Waals surface area contributed by atoms with Gasteiger partial charge in [-0.1, -0.05) is 38.4 Å². The first-order chi connectivity index (χ1) is 3.27. The lowest BCUT2D eigenvalue weighted by atomic mass is 10.3. The van der Waals surface area contributed by atoms with Crippen molar-refractivity contribution in [2.24, 2.45) is 0 Å². The summed E-state index contributed by atoms with van der Waals surface area (Å²) in [5, 5.41) is 1.07. The lowest BCUT2D eigenvalue weighted by molar-refractivity contribution is 0.973. The van der Waals surface area contributed by atoms with Gasteiger partial charge in [-0.05, 0) is 17.3 Å². The van der Waals surface area contributed by atoms with Crippen LogP contribution in [0.25, 0.3) is 0 Å². The minimum Gasteiger partial charge on any atom is -0.0928 e. The first-order valence-electron chi connectivity index (χ1n) is 2.16. The maximum Gasteiger partial charge on any atom is 0.00346 e. The van der Waals surface area contributed by atoms with Gasteiger partial charge in [0.25, 0.3) is 0 Å². The molecule has 0 N–H and O–H groups in total. The van der Waals surface area contributed by atoms with Gasteiger partial charge in [-0.3, -0.25) is 0 Å². The number of rotatable bonds is 3. The Morgan fingerprint density at radius 2 is 2.14 bits per heavy atom. The zero-order chi connectivity index (χ0) is 5.70. The van der Waals surface area contributed by atoms with E-state index in [1.807, 2.05) is 0 Å². The van der Waals surface area contributed by atoms with Crippen LogP contribution in [0.2, 0.25) is 0 Å². The molecule has 42 valence electrons. The molecular formula is C5H8Br2. The van der Waals surface area contributed by atoms with Crippen molar-refractivity contribution in [2.75, 3.05) is 5.33 Å². The molecule has 0 heterocycles. The highest BCUT2D eigenvalue weighted by Crippen LogP contribution is 2.09. The lowest BCUT2D eigenvalue weighted by Crippen LogP contribution is -1.71. The van der Waals surface area contributed by atoms with Gasteiger partial charge in [0.15, 0.2) is 0 Å². The van der Waals surface area contributed by atoms with E-state index in [1.54, 1.807) is 0 Å². The second-order valence-electron chi connectivity index (χ2n) is 1.31. The normalized spacial score (nSPS) is 8.86. The molecule has 0 aliphatic heterocycles. The molecule has 0 unspecified atom stereocenters. The van der Waals surface area contributed by atoms with E-state index in [2.05, 4.69) is 38.4 Å². The molecule has 0 fully saturated rings. The molecule has 0 spiro atoms. The first kappa shape index (κ1) is 7.70. The molecule has 0 aliphatic carbocycles. The summed E-state index contributed by atoms with van der Waals surface area (Å²) in [5.74, 6) is 0. The number of halogens is 2. The van der Waals surface area contributed by atoms with Crippen molar-refractivity contribution in [1.29, 1.82) is 0 Å². The predicted octanol–water partition coefficient (Wildman–Crippen LogP) is 3.07. The summed E-state index contributed by atoms with van der Waals surface area (Å²) in [6, 6.07) is 0. The van der Waals surface area contributed by atoms with Crippen molar-refractivity contribution >= 4 is 31.9 Å². The van der Waals surface area contributed by atoms with Gasteiger partial charge >= 0.3 is 0 Å². The third-order valence-corrected chi connectivity index (χ3v) is 1.54. The second kappa shape index (κ2) is 4.85. The molecule has 0 aromatic carbocycles. The Bertz CT molecular complexity index is 59.1. The van der Waals surface area contributed by atoms with Crippen molar-refractivity contribution in [3.8, 4) is 0 Å². The number of hydrogen-bond donors (Lipinski definition) is 0. The van der Waals surface area contributed by atoms with Crippen LogP contribution in [0.3, 0.4) is 0 Å². The fraction of sp³-hybridized carbons (Fsp3) is 0.600. The summed E-state index contributed by atoms with van der Waals surface area (Å²) in [6.07, 6.45) is 2.25. The molecule has 0 radical (unpaired) electrons. The molecule has 0 rings (SSSR count). The highest BCUT2D eigenvalue weighted by molar-refractivity contribution is 9.11. The highest BCUT2D eigenvalue weighted by Gasteiger charge is 1.83. The van der Waals surface area contributed by atoms with Gasteiger partial charge in [-0.25, -0.2) is 0 Å². The first-order valence-corrected chi connectivity index (χ1v) is 4.08.